The molecule has 0 unspecified atom stereocenters. The third-order valence-electron chi connectivity index (χ3n) is 7.19. The van der Waals surface area contributed by atoms with Crippen LogP contribution in [-0.2, 0) is 19.6 Å². The van der Waals surface area contributed by atoms with Crippen LogP contribution in [0.5, 0.6) is 11.5 Å². The molecule has 2 aliphatic rings. The Balaban J connectivity index is 1.43. The molecular formula is C27H35N5O8S. The van der Waals surface area contributed by atoms with Gasteiger partial charge in [0, 0.05) is 31.2 Å². The SMILES string of the molecule is COc1cc(/C=N\Nc2ccc(S(=O)(=O)N3CCOCC3)cc2[N+](=O)[O-])ccc1OCC(=O)N1[C@H](C)CCC[C@@H]1C. The number of hydrogen-bond acceptors (Lipinski definition) is 10. The number of carbonyl (C=O) groups excluding carboxylic acids is 1. The van der Waals surface area contributed by atoms with Crippen LogP contribution in [0.1, 0.15) is 38.7 Å². The van der Waals surface area contributed by atoms with Gasteiger partial charge in [-0.1, -0.05) is 0 Å². The van der Waals surface area contributed by atoms with Crippen molar-refractivity contribution in [2.45, 2.75) is 50.1 Å². The second kappa shape index (κ2) is 13.3. The molecule has 0 radical (unpaired) electrons. The molecule has 4 rings (SSSR count). The third-order valence-corrected chi connectivity index (χ3v) is 9.09. The minimum Gasteiger partial charge on any atom is -0.493 e. The Bertz CT molecular complexity index is 1380. The average Bonchev–Trinajstić information content (AvgIpc) is 2.96. The molecule has 0 saturated carbocycles. The number of methoxy groups -OCH3 is 1. The molecule has 2 heterocycles. The second-order valence-electron chi connectivity index (χ2n) is 9.95. The van der Waals surface area contributed by atoms with Crippen LogP contribution in [0.3, 0.4) is 0 Å². The van der Waals surface area contributed by atoms with Crippen molar-refractivity contribution in [2.24, 2.45) is 5.10 Å². The number of hydrogen-bond donors (Lipinski definition) is 1. The Morgan fingerprint density at radius 2 is 1.85 bits per heavy atom. The summed E-state index contributed by atoms with van der Waals surface area (Å²) in [5, 5.41) is 15.8. The zero-order chi connectivity index (χ0) is 29.6. The van der Waals surface area contributed by atoms with Crippen molar-refractivity contribution in [3.63, 3.8) is 0 Å². The molecule has 2 aliphatic heterocycles. The number of nitro benzene ring substituents is 1. The van der Waals surface area contributed by atoms with Crippen LogP contribution in [0.15, 0.2) is 46.4 Å². The van der Waals surface area contributed by atoms with E-state index in [4.69, 9.17) is 14.2 Å². The summed E-state index contributed by atoms with van der Waals surface area (Å²) in [5.74, 6) is 0.716. The first-order chi connectivity index (χ1) is 19.6. The normalized spacial score (nSPS) is 20.1. The fourth-order valence-electron chi connectivity index (χ4n) is 5.04. The summed E-state index contributed by atoms with van der Waals surface area (Å²) < 4.78 is 43.5. The molecule has 2 atom stereocenters. The number of ether oxygens (including phenoxy) is 3. The highest BCUT2D eigenvalue weighted by molar-refractivity contribution is 7.89. The number of hydrazone groups is 1. The van der Waals surface area contributed by atoms with Gasteiger partial charge in [-0.15, -0.1) is 0 Å². The molecule has 1 N–H and O–H groups in total. The van der Waals surface area contributed by atoms with Gasteiger partial charge in [-0.25, -0.2) is 8.42 Å². The first-order valence-electron chi connectivity index (χ1n) is 13.4. The largest absolute Gasteiger partial charge is 0.493 e. The van der Waals surface area contributed by atoms with E-state index in [1.807, 2.05) is 18.7 Å². The number of benzene rings is 2. The maximum Gasteiger partial charge on any atom is 0.295 e. The van der Waals surface area contributed by atoms with Gasteiger partial charge in [0.05, 0.1) is 36.4 Å². The van der Waals surface area contributed by atoms with Crippen LogP contribution >= 0.6 is 0 Å². The van der Waals surface area contributed by atoms with E-state index >= 15 is 0 Å². The van der Waals surface area contributed by atoms with E-state index in [-0.39, 0.29) is 61.5 Å². The van der Waals surface area contributed by atoms with E-state index in [1.54, 1.807) is 18.2 Å². The quantitative estimate of drug-likeness (QED) is 0.250. The first-order valence-corrected chi connectivity index (χ1v) is 14.8. The van der Waals surface area contributed by atoms with Crippen LogP contribution < -0.4 is 14.9 Å². The molecule has 2 aromatic rings. The summed E-state index contributed by atoms with van der Waals surface area (Å²) >= 11 is 0. The predicted octanol–water partition coefficient (Wildman–Crippen LogP) is 3.24. The molecule has 222 valence electrons. The van der Waals surface area contributed by atoms with E-state index in [1.165, 1.54) is 29.8 Å². The first kappa shape index (κ1) is 30.2. The maximum atomic E-state index is 12.9. The van der Waals surface area contributed by atoms with Crippen molar-refractivity contribution in [3.05, 3.63) is 52.1 Å². The third kappa shape index (κ3) is 7.13. The van der Waals surface area contributed by atoms with Gasteiger partial charge < -0.3 is 19.1 Å². The number of nitrogens with zero attached hydrogens (tertiary/aromatic N) is 4. The van der Waals surface area contributed by atoms with Gasteiger partial charge >= 0.3 is 0 Å². The van der Waals surface area contributed by atoms with E-state index < -0.39 is 20.6 Å². The molecule has 0 bridgehead atoms. The zero-order valence-corrected chi connectivity index (χ0v) is 24.1. The van der Waals surface area contributed by atoms with Crippen LogP contribution in [0.2, 0.25) is 0 Å². The number of likely N-dealkylation sites (tertiary alicyclic amines) is 1. The van der Waals surface area contributed by atoms with E-state index in [9.17, 15) is 23.3 Å². The average molecular weight is 590 g/mol. The topological polar surface area (TPSA) is 153 Å². The molecule has 2 fully saturated rings. The molecule has 0 aromatic heterocycles. The maximum absolute atomic E-state index is 12.9. The van der Waals surface area contributed by atoms with Gasteiger partial charge in [-0.2, -0.15) is 9.41 Å². The van der Waals surface area contributed by atoms with Gasteiger partial charge in [0.1, 0.15) is 5.69 Å². The fourth-order valence-corrected chi connectivity index (χ4v) is 6.47. The molecule has 2 aromatic carbocycles. The van der Waals surface area contributed by atoms with Crippen molar-refractivity contribution in [2.75, 3.05) is 45.4 Å². The molecule has 14 heteroatoms. The summed E-state index contributed by atoms with van der Waals surface area (Å²) in [5.41, 5.74) is 2.81. The van der Waals surface area contributed by atoms with Gasteiger partial charge in [0.15, 0.2) is 18.1 Å². The van der Waals surface area contributed by atoms with Gasteiger partial charge in [0.2, 0.25) is 10.0 Å². The minimum atomic E-state index is -3.90. The number of morpholine rings is 1. The summed E-state index contributed by atoms with van der Waals surface area (Å²) in [6.07, 6.45) is 4.48. The molecule has 0 aliphatic carbocycles. The van der Waals surface area contributed by atoms with Crippen LogP contribution in [0.4, 0.5) is 11.4 Å². The van der Waals surface area contributed by atoms with Crippen molar-refractivity contribution in [1.82, 2.24) is 9.21 Å². The number of amides is 1. The number of piperidine rings is 1. The second-order valence-corrected chi connectivity index (χ2v) is 11.9. The van der Waals surface area contributed by atoms with Crippen LogP contribution in [0, 0.1) is 10.1 Å². The number of anilines is 1. The minimum absolute atomic E-state index is 0.0266. The van der Waals surface area contributed by atoms with Crippen LogP contribution in [0.25, 0.3) is 0 Å². The monoisotopic (exact) mass is 589 g/mol. The lowest BCUT2D eigenvalue weighted by Gasteiger charge is -2.39. The van der Waals surface area contributed by atoms with E-state index in [0.29, 0.717) is 17.1 Å². The van der Waals surface area contributed by atoms with Gasteiger partial charge in [-0.3, -0.25) is 20.3 Å². The lowest BCUT2D eigenvalue weighted by Crippen LogP contribution is -2.49. The fraction of sp³-hybridized carbons (Fsp3) is 0.481. The number of sulfonamides is 1. The Morgan fingerprint density at radius 1 is 1.15 bits per heavy atom. The van der Waals surface area contributed by atoms with Crippen molar-refractivity contribution < 1.29 is 32.3 Å². The highest BCUT2D eigenvalue weighted by atomic mass is 32.2. The van der Waals surface area contributed by atoms with Crippen molar-refractivity contribution >= 4 is 33.5 Å². The highest BCUT2D eigenvalue weighted by Gasteiger charge is 2.30. The Kier molecular flexibility index (Phi) is 9.78. The molecule has 41 heavy (non-hydrogen) atoms. The number of rotatable bonds is 10. The standard InChI is InChI=1S/C27H35N5O8S/c1-19-5-4-6-20(2)31(19)27(33)18-40-25-10-7-21(15-26(25)38-3)17-28-29-23-9-8-22(16-24(23)32(34)35)41(36,37)30-11-13-39-14-12-30/h7-10,15-17,19-20,29H,4-6,11-14,18H2,1-3H3/b28-17-/t19-,20+. The van der Waals surface area contributed by atoms with Gasteiger partial charge in [0.25, 0.3) is 11.6 Å². The van der Waals surface area contributed by atoms with Crippen molar-refractivity contribution in [3.8, 4) is 11.5 Å². The van der Waals surface area contributed by atoms with Crippen LogP contribution in [-0.4, -0.2) is 86.8 Å². The summed E-state index contributed by atoms with van der Waals surface area (Å²) in [6, 6.07) is 8.98. The Labute approximate surface area is 239 Å². The smallest absolute Gasteiger partial charge is 0.295 e. The zero-order valence-electron chi connectivity index (χ0n) is 23.3. The predicted molar refractivity (Wildman–Crippen MR) is 152 cm³/mol. The number of nitro groups is 1. The highest BCUT2D eigenvalue weighted by Crippen LogP contribution is 2.31. The Hall–Kier alpha value is -3.75. The molecule has 0 spiro atoms. The molecule has 13 nitrogen and oxygen atoms in total. The molecule has 2 saturated heterocycles. The number of nitrogens with one attached hydrogen (secondary N) is 1. The van der Waals surface area contributed by atoms with Crippen molar-refractivity contribution in [1.29, 1.82) is 0 Å². The number of carbonyl (C=O) groups is 1. The summed E-state index contributed by atoms with van der Waals surface area (Å²) in [7, 11) is -2.42. The molecular weight excluding hydrogens is 554 g/mol. The summed E-state index contributed by atoms with van der Waals surface area (Å²) in [4.78, 5) is 25.5. The lowest BCUT2D eigenvalue weighted by molar-refractivity contribution is -0.384. The van der Waals surface area contributed by atoms with E-state index in [0.717, 1.165) is 25.3 Å². The summed E-state index contributed by atoms with van der Waals surface area (Å²) in [6.45, 7) is 4.88. The van der Waals surface area contributed by atoms with Gasteiger partial charge in [-0.05, 0) is 69.0 Å². The van der Waals surface area contributed by atoms with E-state index in [2.05, 4.69) is 10.5 Å². The molecule has 1 amide bonds. The lowest BCUT2D eigenvalue weighted by atomic mass is 9.97. The Morgan fingerprint density at radius 3 is 2.51 bits per heavy atom.